The molecule has 0 aromatic heterocycles. The summed E-state index contributed by atoms with van der Waals surface area (Å²) in [5.41, 5.74) is 1.10. The zero-order valence-electron chi connectivity index (χ0n) is 11.4. The van der Waals surface area contributed by atoms with Crippen molar-refractivity contribution in [3.05, 3.63) is 29.8 Å². The Morgan fingerprint density at radius 1 is 1.11 bits per heavy atom. The van der Waals surface area contributed by atoms with Gasteiger partial charge in [-0.05, 0) is 24.1 Å². The summed E-state index contributed by atoms with van der Waals surface area (Å²) in [6, 6.07) is 7.65. The summed E-state index contributed by atoms with van der Waals surface area (Å²) in [7, 11) is 1.62. The standard InChI is InChI=1S/C14H20N2O3/c1-11(17)15-9-10-16-14(18)8-5-12-3-6-13(19-2)7-4-12/h3-4,6-7H,5,8-10H2,1-2H3,(H,15,17)(H,16,18). The van der Waals surface area contributed by atoms with Crippen LogP contribution in [0.4, 0.5) is 0 Å². The van der Waals surface area contributed by atoms with Crippen molar-refractivity contribution in [3.8, 4) is 5.75 Å². The quantitative estimate of drug-likeness (QED) is 0.718. The van der Waals surface area contributed by atoms with Gasteiger partial charge in [0, 0.05) is 26.4 Å². The Morgan fingerprint density at radius 3 is 2.32 bits per heavy atom. The summed E-state index contributed by atoms with van der Waals surface area (Å²) < 4.78 is 5.07. The number of nitrogens with one attached hydrogen (secondary N) is 2. The Hall–Kier alpha value is -2.04. The molecule has 0 radical (unpaired) electrons. The first kappa shape index (κ1) is 15.0. The third kappa shape index (κ3) is 6.45. The molecule has 0 atom stereocenters. The third-order valence-electron chi connectivity index (χ3n) is 2.62. The second kappa shape index (κ2) is 8.13. The van der Waals surface area contributed by atoms with Gasteiger partial charge in [0.15, 0.2) is 0 Å². The minimum absolute atomic E-state index is 0.0128. The van der Waals surface area contributed by atoms with Crippen LogP contribution in [0, 0.1) is 0 Å². The molecule has 0 heterocycles. The lowest BCUT2D eigenvalue weighted by molar-refractivity contribution is -0.122. The van der Waals surface area contributed by atoms with Crippen molar-refractivity contribution in [1.29, 1.82) is 0 Å². The van der Waals surface area contributed by atoms with E-state index >= 15 is 0 Å². The minimum Gasteiger partial charge on any atom is -0.497 e. The Bertz CT molecular complexity index is 415. The summed E-state index contributed by atoms with van der Waals surface area (Å²) >= 11 is 0. The molecule has 2 amide bonds. The number of hydrogen-bond donors (Lipinski definition) is 2. The fraction of sp³-hybridized carbons (Fsp3) is 0.429. The summed E-state index contributed by atoms with van der Waals surface area (Å²) in [5, 5.41) is 5.37. The predicted octanol–water partition coefficient (Wildman–Crippen LogP) is 0.880. The summed E-state index contributed by atoms with van der Waals surface area (Å²) in [6.07, 6.45) is 1.13. The van der Waals surface area contributed by atoms with E-state index in [0.717, 1.165) is 11.3 Å². The molecule has 0 saturated heterocycles. The molecule has 0 saturated carbocycles. The van der Waals surface area contributed by atoms with E-state index in [1.54, 1.807) is 7.11 Å². The van der Waals surface area contributed by atoms with Crippen LogP contribution in [0.5, 0.6) is 5.75 Å². The number of rotatable bonds is 7. The number of benzene rings is 1. The van der Waals surface area contributed by atoms with Gasteiger partial charge in [0.05, 0.1) is 7.11 Å². The molecule has 0 aliphatic carbocycles. The molecule has 0 aliphatic heterocycles. The third-order valence-corrected chi connectivity index (χ3v) is 2.62. The van der Waals surface area contributed by atoms with E-state index in [4.69, 9.17) is 4.74 Å². The van der Waals surface area contributed by atoms with Crippen LogP contribution in [0.1, 0.15) is 18.9 Å². The van der Waals surface area contributed by atoms with Crippen LogP contribution < -0.4 is 15.4 Å². The lowest BCUT2D eigenvalue weighted by Crippen LogP contribution is -2.33. The van der Waals surface area contributed by atoms with Crippen LogP contribution in [0.25, 0.3) is 0 Å². The van der Waals surface area contributed by atoms with Crippen LogP contribution in [0.15, 0.2) is 24.3 Å². The van der Waals surface area contributed by atoms with E-state index in [0.29, 0.717) is 25.9 Å². The van der Waals surface area contributed by atoms with E-state index in [1.807, 2.05) is 24.3 Å². The molecule has 104 valence electrons. The molecule has 0 bridgehead atoms. The maximum Gasteiger partial charge on any atom is 0.220 e. The predicted molar refractivity (Wildman–Crippen MR) is 73.0 cm³/mol. The molecule has 19 heavy (non-hydrogen) atoms. The normalized spacial score (nSPS) is 9.79. The lowest BCUT2D eigenvalue weighted by atomic mass is 10.1. The van der Waals surface area contributed by atoms with Gasteiger partial charge in [0.2, 0.25) is 11.8 Å². The van der Waals surface area contributed by atoms with E-state index in [2.05, 4.69) is 10.6 Å². The number of carbonyl (C=O) groups excluding carboxylic acids is 2. The summed E-state index contributed by atoms with van der Waals surface area (Å²) in [5.74, 6) is 0.706. The largest absolute Gasteiger partial charge is 0.497 e. The molecule has 1 aromatic rings. The highest BCUT2D eigenvalue weighted by atomic mass is 16.5. The topological polar surface area (TPSA) is 67.4 Å². The van der Waals surface area contributed by atoms with Crippen molar-refractivity contribution >= 4 is 11.8 Å². The van der Waals surface area contributed by atoms with Crippen LogP contribution in [0.3, 0.4) is 0 Å². The van der Waals surface area contributed by atoms with E-state index in [-0.39, 0.29) is 11.8 Å². The van der Waals surface area contributed by atoms with E-state index in [1.165, 1.54) is 6.92 Å². The maximum absolute atomic E-state index is 11.5. The Morgan fingerprint density at radius 2 is 1.74 bits per heavy atom. The average Bonchev–Trinajstić information content (AvgIpc) is 2.41. The molecule has 1 rings (SSSR count). The molecule has 0 fully saturated rings. The van der Waals surface area contributed by atoms with Crippen LogP contribution in [-0.2, 0) is 16.0 Å². The Balaban J connectivity index is 2.20. The molecule has 1 aromatic carbocycles. The van der Waals surface area contributed by atoms with Crippen molar-refractivity contribution in [2.75, 3.05) is 20.2 Å². The van der Waals surface area contributed by atoms with Crippen molar-refractivity contribution in [2.45, 2.75) is 19.8 Å². The van der Waals surface area contributed by atoms with Gasteiger partial charge in [-0.2, -0.15) is 0 Å². The van der Waals surface area contributed by atoms with Gasteiger partial charge in [-0.25, -0.2) is 0 Å². The number of aryl methyl sites for hydroxylation is 1. The molecule has 0 unspecified atom stereocenters. The highest BCUT2D eigenvalue weighted by Gasteiger charge is 2.02. The second-order valence-corrected chi connectivity index (χ2v) is 4.18. The van der Waals surface area contributed by atoms with E-state index < -0.39 is 0 Å². The molecule has 5 heteroatoms. The Labute approximate surface area is 113 Å². The van der Waals surface area contributed by atoms with Gasteiger partial charge < -0.3 is 15.4 Å². The summed E-state index contributed by atoms with van der Waals surface area (Å²) in [6.45, 7) is 2.37. The zero-order chi connectivity index (χ0) is 14.1. The minimum atomic E-state index is -0.0903. The average molecular weight is 264 g/mol. The molecule has 0 spiro atoms. The number of amides is 2. The zero-order valence-corrected chi connectivity index (χ0v) is 11.4. The monoisotopic (exact) mass is 264 g/mol. The summed E-state index contributed by atoms with van der Waals surface area (Å²) in [4.78, 5) is 22.2. The van der Waals surface area contributed by atoms with Crippen LogP contribution >= 0.6 is 0 Å². The molecule has 0 aliphatic rings. The number of carbonyl (C=O) groups is 2. The molecular weight excluding hydrogens is 244 g/mol. The van der Waals surface area contributed by atoms with Crippen LogP contribution in [-0.4, -0.2) is 32.0 Å². The highest BCUT2D eigenvalue weighted by molar-refractivity contribution is 5.76. The second-order valence-electron chi connectivity index (χ2n) is 4.18. The lowest BCUT2D eigenvalue weighted by Gasteiger charge is -2.06. The van der Waals surface area contributed by atoms with Crippen molar-refractivity contribution in [3.63, 3.8) is 0 Å². The molecule has 2 N–H and O–H groups in total. The van der Waals surface area contributed by atoms with Crippen molar-refractivity contribution < 1.29 is 14.3 Å². The number of ether oxygens (including phenoxy) is 1. The van der Waals surface area contributed by atoms with Gasteiger partial charge in [-0.15, -0.1) is 0 Å². The maximum atomic E-state index is 11.5. The first-order chi connectivity index (χ1) is 9.11. The molecule has 5 nitrogen and oxygen atoms in total. The van der Waals surface area contributed by atoms with Crippen LogP contribution in [0.2, 0.25) is 0 Å². The Kier molecular flexibility index (Phi) is 6.43. The van der Waals surface area contributed by atoms with E-state index in [9.17, 15) is 9.59 Å². The van der Waals surface area contributed by atoms with Gasteiger partial charge in [0.25, 0.3) is 0 Å². The number of hydrogen-bond acceptors (Lipinski definition) is 3. The van der Waals surface area contributed by atoms with Gasteiger partial charge >= 0.3 is 0 Å². The first-order valence-corrected chi connectivity index (χ1v) is 6.26. The van der Waals surface area contributed by atoms with Crippen molar-refractivity contribution in [2.24, 2.45) is 0 Å². The SMILES string of the molecule is COc1ccc(CCC(=O)NCCNC(C)=O)cc1. The highest BCUT2D eigenvalue weighted by Crippen LogP contribution is 2.12. The number of methoxy groups -OCH3 is 1. The smallest absolute Gasteiger partial charge is 0.220 e. The fourth-order valence-corrected chi connectivity index (χ4v) is 1.58. The van der Waals surface area contributed by atoms with Gasteiger partial charge in [-0.1, -0.05) is 12.1 Å². The van der Waals surface area contributed by atoms with Crippen molar-refractivity contribution in [1.82, 2.24) is 10.6 Å². The fourth-order valence-electron chi connectivity index (χ4n) is 1.58. The van der Waals surface area contributed by atoms with Gasteiger partial charge in [0.1, 0.15) is 5.75 Å². The molecular formula is C14H20N2O3. The van der Waals surface area contributed by atoms with Gasteiger partial charge in [-0.3, -0.25) is 9.59 Å². The first-order valence-electron chi connectivity index (χ1n) is 6.26.